The van der Waals surface area contributed by atoms with Crippen LogP contribution in [0.25, 0.3) is 0 Å². The minimum absolute atomic E-state index is 0.106. The van der Waals surface area contributed by atoms with Crippen molar-refractivity contribution in [1.82, 2.24) is 5.32 Å². The van der Waals surface area contributed by atoms with E-state index >= 15 is 0 Å². The molecule has 0 aromatic rings. The second-order valence-electron chi connectivity index (χ2n) is 4.83. The Labute approximate surface area is 110 Å². The standard InChI is InChI=1S/C13H19F2NO3/c1-2-3-4-10(12(18)19)16-11(17)9-5-7-13(14,15)8-6-9/h2-3,9-10H,4-8H2,1H3,(H,16,17)(H,18,19)/b3-2+. The average molecular weight is 275 g/mol. The van der Waals surface area contributed by atoms with Gasteiger partial charge in [-0.05, 0) is 26.2 Å². The van der Waals surface area contributed by atoms with Gasteiger partial charge in [-0.3, -0.25) is 4.79 Å². The number of amides is 1. The van der Waals surface area contributed by atoms with Gasteiger partial charge in [0.05, 0.1) is 0 Å². The lowest BCUT2D eigenvalue weighted by Crippen LogP contribution is -2.44. The van der Waals surface area contributed by atoms with E-state index in [0.717, 1.165) is 0 Å². The summed E-state index contributed by atoms with van der Waals surface area (Å²) in [6, 6.07) is -0.994. The highest BCUT2D eigenvalue weighted by atomic mass is 19.3. The molecular formula is C13H19F2NO3. The minimum Gasteiger partial charge on any atom is -0.480 e. The first-order valence-corrected chi connectivity index (χ1v) is 6.38. The number of carboxylic acid groups (broad SMARTS) is 1. The van der Waals surface area contributed by atoms with Crippen LogP contribution in [0.3, 0.4) is 0 Å². The molecule has 108 valence electrons. The molecule has 0 radical (unpaired) electrons. The van der Waals surface area contributed by atoms with Gasteiger partial charge in [-0.25, -0.2) is 13.6 Å². The zero-order valence-electron chi connectivity index (χ0n) is 10.9. The number of carbonyl (C=O) groups excluding carboxylic acids is 1. The molecule has 19 heavy (non-hydrogen) atoms. The predicted octanol–water partition coefficient (Wildman–Crippen LogP) is 2.35. The van der Waals surface area contributed by atoms with Crippen molar-refractivity contribution < 1.29 is 23.5 Å². The second kappa shape index (κ2) is 6.63. The Morgan fingerprint density at radius 1 is 1.42 bits per heavy atom. The van der Waals surface area contributed by atoms with E-state index in [-0.39, 0.29) is 32.1 Å². The van der Waals surface area contributed by atoms with Gasteiger partial charge in [0.25, 0.3) is 0 Å². The fourth-order valence-electron chi connectivity index (χ4n) is 2.09. The zero-order chi connectivity index (χ0) is 14.5. The fraction of sp³-hybridized carbons (Fsp3) is 0.692. The van der Waals surface area contributed by atoms with Crippen molar-refractivity contribution in [2.24, 2.45) is 5.92 Å². The number of carboxylic acids is 1. The van der Waals surface area contributed by atoms with Crippen LogP contribution >= 0.6 is 0 Å². The summed E-state index contributed by atoms with van der Waals surface area (Å²) in [6.45, 7) is 1.75. The molecule has 1 atom stereocenters. The maximum absolute atomic E-state index is 13.0. The normalized spacial score (nSPS) is 21.2. The van der Waals surface area contributed by atoms with Crippen LogP contribution in [0.2, 0.25) is 0 Å². The molecule has 0 bridgehead atoms. The maximum Gasteiger partial charge on any atom is 0.326 e. The monoisotopic (exact) mass is 275 g/mol. The molecular weight excluding hydrogens is 256 g/mol. The number of allylic oxidation sites excluding steroid dienone is 1. The maximum atomic E-state index is 13.0. The van der Waals surface area contributed by atoms with Crippen molar-refractivity contribution in [2.75, 3.05) is 0 Å². The van der Waals surface area contributed by atoms with Gasteiger partial charge in [0.2, 0.25) is 11.8 Å². The molecule has 1 aliphatic rings. The van der Waals surface area contributed by atoms with Gasteiger partial charge in [0, 0.05) is 18.8 Å². The third-order valence-corrected chi connectivity index (χ3v) is 3.31. The van der Waals surface area contributed by atoms with Crippen LogP contribution in [-0.2, 0) is 9.59 Å². The van der Waals surface area contributed by atoms with Gasteiger partial charge >= 0.3 is 5.97 Å². The van der Waals surface area contributed by atoms with E-state index in [0.29, 0.717) is 0 Å². The van der Waals surface area contributed by atoms with Crippen molar-refractivity contribution in [3.8, 4) is 0 Å². The summed E-state index contributed by atoms with van der Waals surface area (Å²) in [4.78, 5) is 22.8. The van der Waals surface area contributed by atoms with Crippen molar-refractivity contribution in [3.05, 3.63) is 12.2 Å². The van der Waals surface area contributed by atoms with Crippen LogP contribution in [0.15, 0.2) is 12.2 Å². The Bertz CT molecular complexity index is 359. The van der Waals surface area contributed by atoms with Crippen LogP contribution in [0.5, 0.6) is 0 Å². The van der Waals surface area contributed by atoms with E-state index < -0.39 is 29.8 Å². The summed E-state index contributed by atoms with van der Waals surface area (Å²) in [7, 11) is 0. The lowest BCUT2D eigenvalue weighted by Gasteiger charge is -2.28. The van der Waals surface area contributed by atoms with Gasteiger partial charge in [0.15, 0.2) is 0 Å². The van der Waals surface area contributed by atoms with E-state index in [9.17, 15) is 18.4 Å². The molecule has 0 spiro atoms. The Kier molecular flexibility index (Phi) is 5.44. The highest BCUT2D eigenvalue weighted by Gasteiger charge is 2.38. The summed E-state index contributed by atoms with van der Waals surface area (Å²) in [5, 5.41) is 11.4. The molecule has 0 aliphatic heterocycles. The van der Waals surface area contributed by atoms with Gasteiger partial charge < -0.3 is 10.4 Å². The summed E-state index contributed by atoms with van der Waals surface area (Å²) < 4.78 is 25.9. The first-order chi connectivity index (χ1) is 8.85. The first-order valence-electron chi connectivity index (χ1n) is 6.38. The number of rotatable bonds is 5. The predicted molar refractivity (Wildman–Crippen MR) is 65.9 cm³/mol. The molecule has 1 fully saturated rings. The van der Waals surface area contributed by atoms with Crippen LogP contribution in [-0.4, -0.2) is 28.9 Å². The fourth-order valence-corrected chi connectivity index (χ4v) is 2.09. The molecule has 0 aromatic carbocycles. The smallest absolute Gasteiger partial charge is 0.326 e. The van der Waals surface area contributed by atoms with Crippen molar-refractivity contribution >= 4 is 11.9 Å². The molecule has 6 heteroatoms. The van der Waals surface area contributed by atoms with E-state index in [2.05, 4.69) is 5.32 Å². The average Bonchev–Trinajstić information content (AvgIpc) is 2.33. The summed E-state index contributed by atoms with van der Waals surface area (Å²) in [5.41, 5.74) is 0. The number of aliphatic carboxylic acids is 1. The van der Waals surface area contributed by atoms with Gasteiger partial charge in [-0.2, -0.15) is 0 Å². The number of alkyl halides is 2. The van der Waals surface area contributed by atoms with E-state index in [4.69, 9.17) is 5.11 Å². The lowest BCUT2D eigenvalue weighted by molar-refractivity contribution is -0.143. The van der Waals surface area contributed by atoms with Gasteiger partial charge in [0.1, 0.15) is 6.04 Å². The highest BCUT2D eigenvalue weighted by Crippen LogP contribution is 2.36. The van der Waals surface area contributed by atoms with E-state index in [1.54, 1.807) is 19.1 Å². The molecule has 0 aromatic heterocycles. The SMILES string of the molecule is C/C=C/CC(NC(=O)C1CCC(F)(F)CC1)C(=O)O. The Morgan fingerprint density at radius 3 is 2.47 bits per heavy atom. The highest BCUT2D eigenvalue weighted by molar-refractivity contribution is 5.85. The topological polar surface area (TPSA) is 66.4 Å². The molecule has 1 rings (SSSR count). The van der Waals surface area contributed by atoms with Gasteiger partial charge in [-0.15, -0.1) is 0 Å². The lowest BCUT2D eigenvalue weighted by atomic mass is 9.86. The molecule has 1 aliphatic carbocycles. The summed E-state index contributed by atoms with van der Waals surface area (Å²) in [6.07, 6.45) is 3.14. The molecule has 1 unspecified atom stereocenters. The number of halogens is 2. The minimum atomic E-state index is -2.69. The third-order valence-electron chi connectivity index (χ3n) is 3.31. The number of hydrogen-bond acceptors (Lipinski definition) is 2. The Hall–Kier alpha value is -1.46. The van der Waals surface area contributed by atoms with Crippen molar-refractivity contribution in [3.63, 3.8) is 0 Å². The molecule has 1 amide bonds. The third kappa shape index (κ3) is 4.96. The molecule has 0 saturated heterocycles. The quantitative estimate of drug-likeness (QED) is 0.757. The Morgan fingerprint density at radius 2 is 2.00 bits per heavy atom. The Balaban J connectivity index is 2.51. The first kappa shape index (κ1) is 15.6. The molecule has 1 saturated carbocycles. The molecule has 4 nitrogen and oxygen atoms in total. The van der Waals surface area contributed by atoms with Crippen molar-refractivity contribution in [2.45, 2.75) is 51.0 Å². The van der Waals surface area contributed by atoms with Gasteiger partial charge in [-0.1, -0.05) is 12.2 Å². The second-order valence-corrected chi connectivity index (χ2v) is 4.83. The van der Waals surface area contributed by atoms with Crippen LogP contribution in [0.1, 0.15) is 39.0 Å². The number of nitrogens with one attached hydrogen (secondary N) is 1. The molecule has 2 N–H and O–H groups in total. The zero-order valence-corrected chi connectivity index (χ0v) is 10.9. The van der Waals surface area contributed by atoms with Crippen LogP contribution in [0.4, 0.5) is 8.78 Å². The van der Waals surface area contributed by atoms with E-state index in [1.165, 1.54) is 0 Å². The summed E-state index contributed by atoms with van der Waals surface area (Å²) >= 11 is 0. The largest absolute Gasteiger partial charge is 0.480 e. The summed E-state index contributed by atoms with van der Waals surface area (Å²) in [5.74, 6) is -4.75. The number of hydrogen-bond donors (Lipinski definition) is 2. The molecule has 0 heterocycles. The van der Waals surface area contributed by atoms with E-state index in [1.807, 2.05) is 0 Å². The van der Waals surface area contributed by atoms with Crippen LogP contribution in [0, 0.1) is 5.92 Å². The van der Waals surface area contributed by atoms with Crippen LogP contribution < -0.4 is 5.32 Å². The van der Waals surface area contributed by atoms with Crippen molar-refractivity contribution in [1.29, 1.82) is 0 Å². The number of carbonyl (C=O) groups is 2.